The van der Waals surface area contributed by atoms with Crippen LogP contribution in [0.3, 0.4) is 0 Å². The second kappa shape index (κ2) is 10.7. The Morgan fingerprint density at radius 1 is 1.00 bits per heavy atom. The van der Waals surface area contributed by atoms with Gasteiger partial charge >= 0.3 is 6.18 Å². The molecule has 0 spiro atoms. The Morgan fingerprint density at radius 3 is 2.21 bits per heavy atom. The van der Waals surface area contributed by atoms with E-state index in [-0.39, 0.29) is 5.69 Å². The molecule has 0 aliphatic heterocycles. The fourth-order valence-electron chi connectivity index (χ4n) is 2.97. The molecule has 3 rings (SSSR count). The number of halogens is 3. The SMILES string of the molecule is CCOc1ccc(-c2cc(C(F)(F)F)cc(C(=O)N/N=C/c3cc(OC)cc(OC)c3)n2)cc1. The van der Waals surface area contributed by atoms with Gasteiger partial charge in [0, 0.05) is 17.2 Å². The van der Waals surface area contributed by atoms with Crippen molar-refractivity contribution in [1.29, 1.82) is 0 Å². The summed E-state index contributed by atoms with van der Waals surface area (Å²) in [6.07, 6.45) is -3.36. The van der Waals surface area contributed by atoms with Gasteiger partial charge in [-0.15, -0.1) is 0 Å². The van der Waals surface area contributed by atoms with Crippen LogP contribution in [-0.4, -0.2) is 37.9 Å². The standard InChI is InChI=1S/C24H22F3N3O4/c1-4-34-18-7-5-16(6-8-18)21-11-17(24(25,26)27)12-22(29-21)23(31)30-28-14-15-9-19(32-2)13-20(10-15)33-3/h5-14H,4H2,1-3H3,(H,30,31)/b28-14+. The number of nitrogens with zero attached hydrogens (tertiary/aromatic N) is 2. The van der Waals surface area contributed by atoms with Gasteiger partial charge in [-0.1, -0.05) is 0 Å². The molecule has 10 heteroatoms. The molecule has 1 aromatic heterocycles. The van der Waals surface area contributed by atoms with Crippen molar-refractivity contribution in [3.05, 3.63) is 71.4 Å². The number of rotatable bonds is 8. The van der Waals surface area contributed by atoms with Crippen molar-refractivity contribution in [2.75, 3.05) is 20.8 Å². The number of nitrogens with one attached hydrogen (secondary N) is 1. The largest absolute Gasteiger partial charge is 0.497 e. The van der Waals surface area contributed by atoms with Crippen molar-refractivity contribution in [3.63, 3.8) is 0 Å². The van der Waals surface area contributed by atoms with Gasteiger partial charge in [-0.2, -0.15) is 18.3 Å². The van der Waals surface area contributed by atoms with Crippen LogP contribution < -0.4 is 19.6 Å². The van der Waals surface area contributed by atoms with Gasteiger partial charge in [0.05, 0.1) is 38.3 Å². The highest BCUT2D eigenvalue weighted by molar-refractivity contribution is 5.94. The van der Waals surface area contributed by atoms with Crippen LogP contribution in [0.4, 0.5) is 13.2 Å². The van der Waals surface area contributed by atoms with E-state index in [0.717, 1.165) is 6.07 Å². The van der Waals surface area contributed by atoms with Crippen LogP contribution in [0.2, 0.25) is 0 Å². The molecule has 1 heterocycles. The maximum atomic E-state index is 13.5. The lowest BCUT2D eigenvalue weighted by Gasteiger charge is -2.11. The number of pyridine rings is 1. The minimum Gasteiger partial charge on any atom is -0.497 e. The Labute approximate surface area is 194 Å². The molecular formula is C24H22F3N3O4. The number of amides is 1. The predicted octanol–water partition coefficient (Wildman–Crippen LogP) is 4.95. The number of benzene rings is 2. The zero-order valence-electron chi connectivity index (χ0n) is 18.6. The lowest BCUT2D eigenvalue weighted by atomic mass is 10.1. The summed E-state index contributed by atoms with van der Waals surface area (Å²) in [7, 11) is 2.97. The van der Waals surface area contributed by atoms with Crippen LogP contribution >= 0.6 is 0 Å². The van der Waals surface area contributed by atoms with E-state index in [1.165, 1.54) is 20.4 Å². The summed E-state index contributed by atoms with van der Waals surface area (Å²) in [4.78, 5) is 16.7. The summed E-state index contributed by atoms with van der Waals surface area (Å²) < 4.78 is 56.1. The number of hydrogen-bond donors (Lipinski definition) is 1. The van der Waals surface area contributed by atoms with Gasteiger partial charge in [0.2, 0.25) is 0 Å². The Balaban J connectivity index is 1.87. The summed E-state index contributed by atoms with van der Waals surface area (Å²) in [5.41, 5.74) is 1.71. The molecule has 0 saturated heterocycles. The number of hydrogen-bond acceptors (Lipinski definition) is 6. The van der Waals surface area contributed by atoms with Crippen LogP contribution in [0.5, 0.6) is 17.2 Å². The first-order valence-corrected chi connectivity index (χ1v) is 10.1. The predicted molar refractivity (Wildman–Crippen MR) is 120 cm³/mol. The van der Waals surface area contributed by atoms with Crippen LogP contribution in [0, 0.1) is 0 Å². The normalized spacial score (nSPS) is 11.4. The van der Waals surface area contributed by atoms with E-state index < -0.39 is 23.3 Å². The van der Waals surface area contributed by atoms with E-state index in [2.05, 4.69) is 15.5 Å². The van der Waals surface area contributed by atoms with Crippen LogP contribution in [0.15, 0.2) is 59.7 Å². The van der Waals surface area contributed by atoms with Crippen LogP contribution in [-0.2, 0) is 6.18 Å². The molecule has 2 aromatic carbocycles. The van der Waals surface area contributed by atoms with Crippen molar-refractivity contribution in [3.8, 4) is 28.5 Å². The zero-order valence-corrected chi connectivity index (χ0v) is 18.6. The molecule has 0 fully saturated rings. The third-order valence-corrected chi connectivity index (χ3v) is 4.60. The van der Waals surface area contributed by atoms with Crippen molar-refractivity contribution in [2.45, 2.75) is 13.1 Å². The Bertz CT molecular complexity index is 1160. The van der Waals surface area contributed by atoms with E-state index in [4.69, 9.17) is 14.2 Å². The molecule has 178 valence electrons. The highest BCUT2D eigenvalue weighted by Crippen LogP contribution is 2.32. The van der Waals surface area contributed by atoms with Crippen molar-refractivity contribution >= 4 is 12.1 Å². The molecule has 0 unspecified atom stereocenters. The lowest BCUT2D eigenvalue weighted by Crippen LogP contribution is -2.20. The van der Waals surface area contributed by atoms with E-state index in [9.17, 15) is 18.0 Å². The Hall–Kier alpha value is -4.08. The maximum Gasteiger partial charge on any atom is 0.416 e. The van der Waals surface area contributed by atoms with Crippen molar-refractivity contribution in [1.82, 2.24) is 10.4 Å². The topological polar surface area (TPSA) is 82.0 Å². The fourth-order valence-corrected chi connectivity index (χ4v) is 2.97. The van der Waals surface area contributed by atoms with E-state index in [1.807, 2.05) is 6.92 Å². The molecule has 0 atom stereocenters. The monoisotopic (exact) mass is 473 g/mol. The summed E-state index contributed by atoms with van der Waals surface area (Å²) in [5.74, 6) is 0.683. The molecule has 0 radical (unpaired) electrons. The average molecular weight is 473 g/mol. The zero-order chi connectivity index (χ0) is 24.7. The number of ether oxygens (including phenoxy) is 3. The second-order valence-corrected chi connectivity index (χ2v) is 6.93. The highest BCUT2D eigenvalue weighted by atomic mass is 19.4. The van der Waals surface area contributed by atoms with Gasteiger partial charge in [-0.25, -0.2) is 10.4 Å². The molecule has 1 amide bonds. The smallest absolute Gasteiger partial charge is 0.416 e. The summed E-state index contributed by atoms with van der Waals surface area (Å²) >= 11 is 0. The molecule has 34 heavy (non-hydrogen) atoms. The summed E-state index contributed by atoms with van der Waals surface area (Å²) in [6.45, 7) is 2.27. The van der Waals surface area contributed by atoms with E-state index in [0.29, 0.717) is 41.0 Å². The quantitative estimate of drug-likeness (QED) is 0.370. The third kappa shape index (κ3) is 6.25. The van der Waals surface area contributed by atoms with Gasteiger partial charge in [0.25, 0.3) is 5.91 Å². The number of alkyl halides is 3. The first-order valence-electron chi connectivity index (χ1n) is 10.1. The van der Waals surface area contributed by atoms with Crippen molar-refractivity contribution in [2.24, 2.45) is 5.10 Å². The fraction of sp³-hybridized carbons (Fsp3) is 0.208. The minimum absolute atomic E-state index is 0.00969. The number of carbonyl (C=O) groups is 1. The minimum atomic E-state index is -4.67. The molecule has 3 aromatic rings. The first kappa shape index (κ1) is 24.6. The Morgan fingerprint density at radius 2 is 1.65 bits per heavy atom. The molecule has 7 nitrogen and oxygen atoms in total. The van der Waals surface area contributed by atoms with Crippen LogP contribution in [0.25, 0.3) is 11.3 Å². The molecule has 1 N–H and O–H groups in total. The lowest BCUT2D eigenvalue weighted by molar-refractivity contribution is -0.137. The van der Waals surface area contributed by atoms with Crippen LogP contribution in [0.1, 0.15) is 28.5 Å². The molecule has 0 bridgehead atoms. The summed E-state index contributed by atoms with van der Waals surface area (Å²) in [6, 6.07) is 12.9. The second-order valence-electron chi connectivity index (χ2n) is 6.93. The number of carbonyl (C=O) groups excluding carboxylic acids is 1. The van der Waals surface area contributed by atoms with Gasteiger partial charge in [0.15, 0.2) is 0 Å². The van der Waals surface area contributed by atoms with E-state index in [1.54, 1.807) is 42.5 Å². The number of methoxy groups -OCH3 is 2. The molecule has 0 saturated carbocycles. The Kier molecular flexibility index (Phi) is 7.72. The first-order chi connectivity index (χ1) is 16.2. The van der Waals surface area contributed by atoms with Gasteiger partial charge in [-0.05, 0) is 55.5 Å². The highest BCUT2D eigenvalue weighted by Gasteiger charge is 2.32. The molecule has 0 aliphatic rings. The number of hydrazone groups is 1. The van der Waals surface area contributed by atoms with E-state index >= 15 is 0 Å². The molecule has 0 aliphatic carbocycles. The maximum absolute atomic E-state index is 13.5. The third-order valence-electron chi connectivity index (χ3n) is 4.60. The molecular weight excluding hydrogens is 451 g/mol. The summed E-state index contributed by atoms with van der Waals surface area (Å²) in [5, 5.41) is 3.82. The van der Waals surface area contributed by atoms with Gasteiger partial charge in [0.1, 0.15) is 22.9 Å². The average Bonchev–Trinajstić information content (AvgIpc) is 2.83. The van der Waals surface area contributed by atoms with Crippen molar-refractivity contribution < 1.29 is 32.2 Å². The van der Waals surface area contributed by atoms with Gasteiger partial charge < -0.3 is 14.2 Å². The van der Waals surface area contributed by atoms with Gasteiger partial charge in [-0.3, -0.25) is 4.79 Å². The number of aromatic nitrogens is 1.